The molecule has 1 amide bonds. The van der Waals surface area contributed by atoms with E-state index in [1.165, 1.54) is 5.56 Å². The van der Waals surface area contributed by atoms with Gasteiger partial charge in [0.1, 0.15) is 5.75 Å². The minimum Gasteiger partial charge on any atom is -0.497 e. The maximum atomic E-state index is 12.7. The van der Waals surface area contributed by atoms with Gasteiger partial charge in [0.05, 0.1) is 7.11 Å². The lowest BCUT2D eigenvalue weighted by Gasteiger charge is -2.34. The number of aliphatic carboxylic acids is 2. The number of methoxy groups -OCH3 is 1. The molecule has 2 aliphatic heterocycles. The zero-order valence-corrected chi connectivity index (χ0v) is 17.5. The topological polar surface area (TPSA) is 126 Å². The van der Waals surface area contributed by atoms with Gasteiger partial charge in [0.2, 0.25) is 6.79 Å². The fraction of sp³-hybridized carbons (Fsp3) is 0.318. The fourth-order valence-corrected chi connectivity index (χ4v) is 3.35. The number of nitrogens with zero attached hydrogens (tertiary/aromatic N) is 2. The largest absolute Gasteiger partial charge is 0.497 e. The number of ether oxygens (including phenoxy) is 3. The Balaban J connectivity index is 0.000000427. The van der Waals surface area contributed by atoms with E-state index in [-0.39, 0.29) is 5.91 Å². The molecule has 0 aliphatic carbocycles. The van der Waals surface area contributed by atoms with Crippen LogP contribution in [0.25, 0.3) is 0 Å². The Morgan fingerprint density at radius 2 is 1.62 bits per heavy atom. The molecule has 10 heteroatoms. The summed E-state index contributed by atoms with van der Waals surface area (Å²) in [5.74, 6) is -1.26. The van der Waals surface area contributed by atoms with E-state index in [4.69, 9.17) is 34.0 Å². The number of carbonyl (C=O) groups excluding carboxylic acids is 1. The van der Waals surface area contributed by atoms with Gasteiger partial charge in [-0.05, 0) is 35.9 Å². The molecule has 4 rings (SSSR count). The SMILES string of the molecule is COc1cccc(C(=O)N2CCN(Cc3ccc4c(c3)OCO4)CC2)c1.O=C(O)C(=O)O. The molecule has 170 valence electrons. The number of piperazine rings is 1. The molecule has 2 heterocycles. The van der Waals surface area contributed by atoms with Crippen molar-refractivity contribution in [3.05, 3.63) is 53.6 Å². The Bertz CT molecular complexity index is 974. The Hall–Kier alpha value is -3.79. The predicted molar refractivity (Wildman–Crippen MR) is 112 cm³/mol. The molecule has 1 saturated heterocycles. The third-order valence-corrected chi connectivity index (χ3v) is 5.00. The van der Waals surface area contributed by atoms with E-state index in [1.54, 1.807) is 13.2 Å². The molecule has 10 nitrogen and oxygen atoms in total. The molecule has 2 aliphatic rings. The molecule has 1 fully saturated rings. The highest BCUT2D eigenvalue weighted by Crippen LogP contribution is 2.32. The first-order chi connectivity index (χ1) is 15.4. The highest BCUT2D eigenvalue weighted by molar-refractivity contribution is 6.27. The van der Waals surface area contributed by atoms with Crippen molar-refractivity contribution in [1.82, 2.24) is 9.80 Å². The second kappa shape index (κ2) is 10.5. The number of hydrogen-bond acceptors (Lipinski definition) is 7. The van der Waals surface area contributed by atoms with Gasteiger partial charge < -0.3 is 29.3 Å². The molecule has 0 spiro atoms. The maximum Gasteiger partial charge on any atom is 0.414 e. The molecule has 0 atom stereocenters. The van der Waals surface area contributed by atoms with Crippen LogP contribution in [0.5, 0.6) is 17.2 Å². The number of carboxylic acid groups (broad SMARTS) is 2. The van der Waals surface area contributed by atoms with Crippen molar-refractivity contribution < 1.29 is 38.8 Å². The Morgan fingerprint density at radius 3 is 2.28 bits per heavy atom. The van der Waals surface area contributed by atoms with E-state index in [2.05, 4.69) is 11.0 Å². The zero-order chi connectivity index (χ0) is 23.1. The molecule has 32 heavy (non-hydrogen) atoms. The Labute approximate surface area is 184 Å². The summed E-state index contributed by atoms with van der Waals surface area (Å²) in [6, 6.07) is 13.4. The lowest BCUT2D eigenvalue weighted by atomic mass is 10.1. The number of carboxylic acids is 2. The Kier molecular flexibility index (Phi) is 7.50. The van der Waals surface area contributed by atoms with Crippen LogP contribution in [0.2, 0.25) is 0 Å². The summed E-state index contributed by atoms with van der Waals surface area (Å²) in [6.45, 7) is 4.29. The summed E-state index contributed by atoms with van der Waals surface area (Å²) < 4.78 is 16.0. The van der Waals surface area contributed by atoms with E-state index in [0.29, 0.717) is 18.1 Å². The smallest absolute Gasteiger partial charge is 0.414 e. The Morgan fingerprint density at radius 1 is 0.938 bits per heavy atom. The first kappa shape index (κ1) is 22.9. The van der Waals surface area contributed by atoms with Gasteiger partial charge in [-0.2, -0.15) is 0 Å². The standard InChI is InChI=1S/C20H22N2O4.C2H2O4/c1-24-17-4-2-3-16(12-17)20(23)22-9-7-21(8-10-22)13-15-5-6-18-19(11-15)26-14-25-18;3-1(4)2(5)6/h2-6,11-12H,7-10,13-14H2,1H3;(H,3,4)(H,5,6). The van der Waals surface area contributed by atoms with Crippen molar-refractivity contribution in [3.63, 3.8) is 0 Å². The van der Waals surface area contributed by atoms with Crippen molar-refractivity contribution in [2.75, 3.05) is 40.1 Å². The second-order valence-corrected chi connectivity index (χ2v) is 7.10. The third kappa shape index (κ3) is 5.88. The summed E-state index contributed by atoms with van der Waals surface area (Å²) in [6.07, 6.45) is 0. The summed E-state index contributed by atoms with van der Waals surface area (Å²) in [5.41, 5.74) is 1.87. The van der Waals surface area contributed by atoms with Crippen LogP contribution in [0.1, 0.15) is 15.9 Å². The lowest BCUT2D eigenvalue weighted by Crippen LogP contribution is -2.48. The van der Waals surface area contributed by atoms with Crippen LogP contribution >= 0.6 is 0 Å². The minimum atomic E-state index is -1.82. The van der Waals surface area contributed by atoms with Crippen LogP contribution in [0.4, 0.5) is 0 Å². The molecule has 0 saturated carbocycles. The van der Waals surface area contributed by atoms with Crippen LogP contribution < -0.4 is 14.2 Å². The van der Waals surface area contributed by atoms with Crippen molar-refractivity contribution >= 4 is 17.8 Å². The maximum absolute atomic E-state index is 12.7. The number of carbonyl (C=O) groups is 3. The van der Waals surface area contributed by atoms with Crippen LogP contribution in [-0.2, 0) is 16.1 Å². The molecule has 0 unspecified atom stereocenters. The first-order valence-corrected chi connectivity index (χ1v) is 9.88. The third-order valence-electron chi connectivity index (χ3n) is 5.00. The van der Waals surface area contributed by atoms with Gasteiger partial charge in [-0.25, -0.2) is 9.59 Å². The molecule has 0 bridgehead atoms. The average Bonchev–Trinajstić information content (AvgIpc) is 3.27. The van der Waals surface area contributed by atoms with Crippen LogP contribution in [0.15, 0.2) is 42.5 Å². The quantitative estimate of drug-likeness (QED) is 0.675. The molecular formula is C22H24N2O8. The number of rotatable bonds is 4. The van der Waals surface area contributed by atoms with Gasteiger partial charge >= 0.3 is 11.9 Å². The van der Waals surface area contributed by atoms with Crippen LogP contribution in [0, 0.1) is 0 Å². The van der Waals surface area contributed by atoms with Gasteiger partial charge in [0.25, 0.3) is 5.91 Å². The predicted octanol–water partition coefficient (Wildman–Crippen LogP) is 1.54. The van der Waals surface area contributed by atoms with E-state index in [0.717, 1.165) is 44.2 Å². The van der Waals surface area contributed by atoms with Crippen molar-refractivity contribution in [1.29, 1.82) is 0 Å². The van der Waals surface area contributed by atoms with E-state index in [9.17, 15) is 4.79 Å². The number of benzene rings is 2. The zero-order valence-electron chi connectivity index (χ0n) is 17.5. The lowest BCUT2D eigenvalue weighted by molar-refractivity contribution is -0.159. The van der Waals surface area contributed by atoms with Crippen LogP contribution in [-0.4, -0.2) is 77.9 Å². The number of fused-ring (bicyclic) bond motifs is 1. The van der Waals surface area contributed by atoms with Gasteiger partial charge in [-0.15, -0.1) is 0 Å². The highest BCUT2D eigenvalue weighted by atomic mass is 16.7. The van der Waals surface area contributed by atoms with Gasteiger partial charge in [0.15, 0.2) is 11.5 Å². The summed E-state index contributed by atoms with van der Waals surface area (Å²) in [4.78, 5) is 35.1. The van der Waals surface area contributed by atoms with Crippen molar-refractivity contribution in [3.8, 4) is 17.2 Å². The first-order valence-electron chi connectivity index (χ1n) is 9.88. The molecule has 0 radical (unpaired) electrons. The summed E-state index contributed by atoms with van der Waals surface area (Å²) in [5, 5.41) is 14.8. The van der Waals surface area contributed by atoms with E-state index >= 15 is 0 Å². The molecule has 2 aromatic carbocycles. The van der Waals surface area contributed by atoms with E-state index < -0.39 is 11.9 Å². The minimum absolute atomic E-state index is 0.0617. The number of hydrogen-bond donors (Lipinski definition) is 2. The van der Waals surface area contributed by atoms with Gasteiger partial charge in [-0.3, -0.25) is 9.69 Å². The second-order valence-electron chi connectivity index (χ2n) is 7.10. The average molecular weight is 444 g/mol. The van der Waals surface area contributed by atoms with E-state index in [1.807, 2.05) is 35.2 Å². The fourth-order valence-electron chi connectivity index (χ4n) is 3.35. The van der Waals surface area contributed by atoms with Crippen molar-refractivity contribution in [2.24, 2.45) is 0 Å². The normalized spacial score (nSPS) is 14.8. The molecule has 2 aromatic rings. The monoisotopic (exact) mass is 444 g/mol. The summed E-state index contributed by atoms with van der Waals surface area (Å²) in [7, 11) is 1.61. The number of amides is 1. The van der Waals surface area contributed by atoms with Crippen molar-refractivity contribution in [2.45, 2.75) is 6.54 Å². The highest BCUT2D eigenvalue weighted by Gasteiger charge is 2.23. The van der Waals surface area contributed by atoms with Gasteiger partial charge in [-0.1, -0.05) is 12.1 Å². The van der Waals surface area contributed by atoms with Gasteiger partial charge in [0, 0.05) is 38.3 Å². The molecule has 0 aromatic heterocycles. The molecule has 2 N–H and O–H groups in total. The summed E-state index contributed by atoms with van der Waals surface area (Å²) >= 11 is 0. The molecular weight excluding hydrogens is 420 g/mol. The van der Waals surface area contributed by atoms with Crippen LogP contribution in [0.3, 0.4) is 0 Å².